The first-order chi connectivity index (χ1) is 15.1. The van der Waals surface area contributed by atoms with Crippen LogP contribution in [0.2, 0.25) is 0 Å². The van der Waals surface area contributed by atoms with E-state index in [4.69, 9.17) is 9.47 Å². The Morgan fingerprint density at radius 2 is 2.06 bits per heavy atom. The molecule has 5 nitrogen and oxygen atoms in total. The summed E-state index contributed by atoms with van der Waals surface area (Å²) in [5.41, 5.74) is 3.61. The number of hydrogen-bond acceptors (Lipinski definition) is 5. The molecule has 2 heterocycles. The molecule has 1 aromatic heterocycles. The lowest BCUT2D eigenvalue weighted by Crippen LogP contribution is -2.27. The van der Waals surface area contributed by atoms with Crippen molar-refractivity contribution in [1.82, 2.24) is 10.2 Å². The van der Waals surface area contributed by atoms with Crippen LogP contribution >= 0.6 is 11.3 Å². The summed E-state index contributed by atoms with van der Waals surface area (Å²) < 4.78 is 11.9. The second-order valence-electron chi connectivity index (χ2n) is 8.13. The lowest BCUT2D eigenvalue weighted by atomic mass is 9.95. The third-order valence-corrected chi connectivity index (χ3v) is 7.13. The molecular weight excluding hydrogens is 408 g/mol. The van der Waals surface area contributed by atoms with E-state index in [1.54, 1.807) is 25.6 Å². The molecule has 31 heavy (non-hydrogen) atoms. The van der Waals surface area contributed by atoms with Crippen LogP contribution in [0.15, 0.2) is 42.5 Å². The van der Waals surface area contributed by atoms with E-state index in [1.165, 1.54) is 26.8 Å². The van der Waals surface area contributed by atoms with Crippen LogP contribution in [0.1, 0.15) is 38.7 Å². The predicted molar refractivity (Wildman–Crippen MR) is 126 cm³/mol. The van der Waals surface area contributed by atoms with Gasteiger partial charge in [-0.1, -0.05) is 30.3 Å². The Kier molecular flexibility index (Phi) is 6.90. The number of aryl methyl sites for hydroxylation is 1. The monoisotopic (exact) mass is 438 g/mol. The van der Waals surface area contributed by atoms with Crippen molar-refractivity contribution >= 4 is 27.3 Å². The summed E-state index contributed by atoms with van der Waals surface area (Å²) in [5.74, 6) is 1.30. The van der Waals surface area contributed by atoms with Gasteiger partial charge in [0.2, 0.25) is 0 Å². The number of nitrogens with zero attached hydrogens (tertiary/aromatic N) is 1. The van der Waals surface area contributed by atoms with Gasteiger partial charge in [0.05, 0.1) is 18.6 Å². The number of amides is 1. The van der Waals surface area contributed by atoms with Crippen molar-refractivity contribution in [2.45, 2.75) is 25.8 Å². The van der Waals surface area contributed by atoms with E-state index in [2.05, 4.69) is 53.5 Å². The number of hydrogen-bond donors (Lipinski definition) is 1. The first-order valence-corrected chi connectivity index (χ1v) is 11.6. The minimum Gasteiger partial charge on any atom is -0.496 e. The number of likely N-dealkylation sites (tertiary alicyclic amines) is 1. The predicted octanol–water partition coefficient (Wildman–Crippen LogP) is 4.58. The largest absolute Gasteiger partial charge is 0.496 e. The topological polar surface area (TPSA) is 50.8 Å². The molecule has 0 saturated carbocycles. The van der Waals surface area contributed by atoms with E-state index in [0.29, 0.717) is 19.1 Å². The quantitative estimate of drug-likeness (QED) is 0.523. The fourth-order valence-corrected chi connectivity index (χ4v) is 5.63. The first-order valence-electron chi connectivity index (χ1n) is 10.7. The summed E-state index contributed by atoms with van der Waals surface area (Å²) >= 11 is 1.60. The van der Waals surface area contributed by atoms with E-state index in [1.807, 2.05) is 6.07 Å². The second kappa shape index (κ2) is 9.81. The molecule has 4 rings (SSSR count). The Morgan fingerprint density at radius 3 is 2.87 bits per heavy atom. The number of benzene rings is 2. The molecule has 0 aliphatic carbocycles. The number of carbonyl (C=O) groups excluding carboxylic acids is 1. The van der Waals surface area contributed by atoms with Crippen molar-refractivity contribution in [2.24, 2.45) is 0 Å². The zero-order chi connectivity index (χ0) is 21.8. The molecule has 0 spiro atoms. The fourth-order valence-electron chi connectivity index (χ4n) is 4.42. The van der Waals surface area contributed by atoms with E-state index in [9.17, 15) is 4.79 Å². The maximum absolute atomic E-state index is 13.0. The van der Waals surface area contributed by atoms with Gasteiger partial charge in [0.15, 0.2) is 0 Å². The van der Waals surface area contributed by atoms with Crippen LogP contribution in [0, 0.1) is 6.92 Å². The second-order valence-corrected chi connectivity index (χ2v) is 9.18. The molecule has 1 aliphatic heterocycles. The van der Waals surface area contributed by atoms with Crippen molar-refractivity contribution in [3.05, 3.63) is 64.0 Å². The van der Waals surface area contributed by atoms with Crippen LogP contribution < -0.4 is 10.1 Å². The minimum atomic E-state index is 0.00639. The molecule has 0 bridgehead atoms. The molecule has 164 valence electrons. The van der Waals surface area contributed by atoms with Crippen molar-refractivity contribution in [3.63, 3.8) is 0 Å². The summed E-state index contributed by atoms with van der Waals surface area (Å²) in [4.78, 5) is 16.3. The highest BCUT2D eigenvalue weighted by Crippen LogP contribution is 2.40. The fraction of sp³-hybridized carbons (Fsp3) is 0.400. The van der Waals surface area contributed by atoms with Crippen molar-refractivity contribution in [3.8, 4) is 5.75 Å². The van der Waals surface area contributed by atoms with Gasteiger partial charge < -0.3 is 14.8 Å². The van der Waals surface area contributed by atoms with Crippen molar-refractivity contribution in [2.75, 3.05) is 40.5 Å². The molecule has 1 aliphatic rings. The molecule has 1 amide bonds. The SMILES string of the molecule is COCCNC(=O)c1sc2ccccc2c1[C@H]1CCN(Cc2ccc(C)cc2OC)C1. The Morgan fingerprint density at radius 1 is 1.23 bits per heavy atom. The number of rotatable bonds is 8. The highest BCUT2D eigenvalue weighted by molar-refractivity contribution is 7.21. The highest BCUT2D eigenvalue weighted by atomic mass is 32.1. The first kappa shape index (κ1) is 21.8. The van der Waals surface area contributed by atoms with Gasteiger partial charge in [-0.25, -0.2) is 0 Å². The minimum absolute atomic E-state index is 0.00639. The van der Waals surface area contributed by atoms with Crippen LogP contribution in [-0.2, 0) is 11.3 Å². The summed E-state index contributed by atoms with van der Waals surface area (Å²) in [6, 6.07) is 14.8. The van der Waals surface area contributed by atoms with Crippen LogP contribution in [0.4, 0.5) is 0 Å². The van der Waals surface area contributed by atoms with Gasteiger partial charge in [0.25, 0.3) is 5.91 Å². The van der Waals surface area contributed by atoms with Gasteiger partial charge in [0, 0.05) is 42.9 Å². The van der Waals surface area contributed by atoms with Crippen LogP contribution in [0.5, 0.6) is 5.75 Å². The summed E-state index contributed by atoms with van der Waals surface area (Å²) in [5, 5.41) is 4.22. The van der Waals surface area contributed by atoms with Crippen LogP contribution in [-0.4, -0.2) is 51.3 Å². The molecule has 6 heteroatoms. The number of fused-ring (bicyclic) bond motifs is 1. The Hall–Kier alpha value is -2.41. The lowest BCUT2D eigenvalue weighted by molar-refractivity contribution is 0.0940. The van der Waals surface area contributed by atoms with Gasteiger partial charge in [0.1, 0.15) is 5.75 Å². The molecule has 1 atom stereocenters. The van der Waals surface area contributed by atoms with E-state index >= 15 is 0 Å². The average molecular weight is 439 g/mol. The maximum Gasteiger partial charge on any atom is 0.261 e. The lowest BCUT2D eigenvalue weighted by Gasteiger charge is -2.19. The van der Waals surface area contributed by atoms with E-state index in [0.717, 1.165) is 36.7 Å². The van der Waals surface area contributed by atoms with Crippen molar-refractivity contribution in [1.29, 1.82) is 0 Å². The number of thiophene rings is 1. The number of methoxy groups -OCH3 is 2. The maximum atomic E-state index is 13.0. The van der Waals surface area contributed by atoms with Crippen LogP contribution in [0.3, 0.4) is 0 Å². The van der Waals surface area contributed by atoms with E-state index < -0.39 is 0 Å². The standard InChI is InChI=1S/C25H30N2O3S/c1-17-8-9-18(21(14-17)30-3)15-27-12-10-19(16-27)23-20-6-4-5-7-22(20)31-24(23)25(28)26-11-13-29-2/h4-9,14,19H,10-13,15-16H2,1-3H3,(H,26,28)/t19-/m0/s1. The molecule has 0 unspecified atom stereocenters. The molecule has 1 saturated heterocycles. The summed E-state index contributed by atoms with van der Waals surface area (Å²) in [7, 11) is 3.38. The van der Waals surface area contributed by atoms with E-state index in [-0.39, 0.29) is 5.91 Å². The number of nitrogens with one attached hydrogen (secondary N) is 1. The van der Waals surface area contributed by atoms with Gasteiger partial charge >= 0.3 is 0 Å². The smallest absolute Gasteiger partial charge is 0.261 e. The Bertz CT molecular complexity index is 1060. The summed E-state index contributed by atoms with van der Waals surface area (Å²) in [6.07, 6.45) is 1.05. The third kappa shape index (κ3) is 4.76. The zero-order valence-corrected chi connectivity index (χ0v) is 19.3. The average Bonchev–Trinajstić information content (AvgIpc) is 3.39. The zero-order valence-electron chi connectivity index (χ0n) is 18.4. The molecule has 3 aromatic rings. The molecule has 2 aromatic carbocycles. The number of ether oxygens (including phenoxy) is 2. The van der Waals surface area contributed by atoms with Gasteiger partial charge in [-0.2, -0.15) is 0 Å². The van der Waals surface area contributed by atoms with Crippen molar-refractivity contribution < 1.29 is 14.3 Å². The normalized spacial score (nSPS) is 16.7. The molecule has 1 N–H and O–H groups in total. The Balaban J connectivity index is 1.56. The third-order valence-electron chi connectivity index (χ3n) is 5.95. The van der Waals surface area contributed by atoms with Gasteiger partial charge in [-0.05, 0) is 48.5 Å². The Labute approximate surface area is 188 Å². The van der Waals surface area contributed by atoms with Crippen LogP contribution in [0.25, 0.3) is 10.1 Å². The molecule has 0 radical (unpaired) electrons. The number of carbonyl (C=O) groups is 1. The molecular formula is C25H30N2O3S. The molecule has 1 fully saturated rings. The highest BCUT2D eigenvalue weighted by Gasteiger charge is 2.30. The van der Waals surface area contributed by atoms with Gasteiger partial charge in [-0.15, -0.1) is 11.3 Å². The summed E-state index contributed by atoms with van der Waals surface area (Å²) in [6.45, 7) is 5.93. The van der Waals surface area contributed by atoms with Gasteiger partial charge in [-0.3, -0.25) is 9.69 Å².